The van der Waals surface area contributed by atoms with Gasteiger partial charge in [0.25, 0.3) is 5.91 Å². The minimum Gasteiger partial charge on any atom is -0.346 e. The van der Waals surface area contributed by atoms with Gasteiger partial charge >= 0.3 is 0 Å². The van der Waals surface area contributed by atoms with Gasteiger partial charge in [0.1, 0.15) is 5.69 Å². The highest BCUT2D eigenvalue weighted by Gasteiger charge is 2.17. The summed E-state index contributed by atoms with van der Waals surface area (Å²) in [5.41, 5.74) is 3.24. The second-order valence-corrected chi connectivity index (χ2v) is 6.16. The van der Waals surface area contributed by atoms with Crippen LogP contribution in [-0.4, -0.2) is 33.8 Å². The molecule has 2 aromatic rings. The van der Waals surface area contributed by atoms with Gasteiger partial charge in [0.05, 0.1) is 23.8 Å². The summed E-state index contributed by atoms with van der Waals surface area (Å²) < 4.78 is 1.90. The SMILES string of the molecule is Cc1ncsc1CNC(=O)c1ccn(C2CCCNC2)n1. The first-order chi connectivity index (χ1) is 10.2. The van der Waals surface area contributed by atoms with E-state index in [4.69, 9.17) is 0 Å². The van der Waals surface area contributed by atoms with Crippen LogP contribution in [0.2, 0.25) is 0 Å². The zero-order valence-electron chi connectivity index (χ0n) is 12.0. The van der Waals surface area contributed by atoms with Gasteiger partial charge in [-0.2, -0.15) is 5.10 Å². The average Bonchev–Trinajstić information content (AvgIpc) is 3.15. The van der Waals surface area contributed by atoms with E-state index in [1.54, 1.807) is 22.9 Å². The standard InChI is InChI=1S/C14H19N5OS/c1-10-13(21-9-17-10)8-16-14(20)12-4-6-19(18-12)11-3-2-5-15-7-11/h4,6,9,11,15H,2-3,5,7-8H2,1H3,(H,16,20). The first-order valence-corrected chi connectivity index (χ1v) is 8.05. The minimum atomic E-state index is -0.134. The normalized spacial score (nSPS) is 18.6. The number of rotatable bonds is 4. The largest absolute Gasteiger partial charge is 0.346 e. The number of aromatic nitrogens is 3. The van der Waals surface area contributed by atoms with Crippen LogP contribution in [0.1, 0.15) is 39.9 Å². The third kappa shape index (κ3) is 3.30. The molecule has 1 unspecified atom stereocenters. The highest BCUT2D eigenvalue weighted by Crippen LogP contribution is 2.16. The van der Waals surface area contributed by atoms with Crippen molar-refractivity contribution in [1.82, 2.24) is 25.4 Å². The molecular formula is C14H19N5OS. The zero-order chi connectivity index (χ0) is 14.7. The smallest absolute Gasteiger partial charge is 0.272 e. The Bertz CT molecular complexity index is 614. The molecule has 1 aliphatic heterocycles. The fourth-order valence-electron chi connectivity index (χ4n) is 2.47. The Kier molecular flexibility index (Phi) is 4.31. The van der Waals surface area contributed by atoms with E-state index in [2.05, 4.69) is 20.7 Å². The molecule has 6 nitrogen and oxygen atoms in total. The van der Waals surface area contributed by atoms with Crippen LogP contribution in [0.5, 0.6) is 0 Å². The molecule has 0 aromatic carbocycles. The number of amides is 1. The van der Waals surface area contributed by atoms with Gasteiger partial charge in [-0.3, -0.25) is 9.48 Å². The van der Waals surface area contributed by atoms with Crippen LogP contribution >= 0.6 is 11.3 Å². The molecule has 0 radical (unpaired) electrons. The highest BCUT2D eigenvalue weighted by atomic mass is 32.1. The lowest BCUT2D eigenvalue weighted by Crippen LogP contribution is -2.32. The van der Waals surface area contributed by atoms with Crippen molar-refractivity contribution in [2.45, 2.75) is 32.4 Å². The lowest BCUT2D eigenvalue weighted by molar-refractivity contribution is 0.0945. The topological polar surface area (TPSA) is 71.8 Å². The lowest BCUT2D eigenvalue weighted by atomic mass is 10.1. The molecule has 1 amide bonds. The van der Waals surface area contributed by atoms with Gasteiger partial charge in [0, 0.05) is 17.6 Å². The van der Waals surface area contributed by atoms with Gasteiger partial charge in [-0.1, -0.05) is 0 Å². The highest BCUT2D eigenvalue weighted by molar-refractivity contribution is 7.09. The Morgan fingerprint density at radius 3 is 3.24 bits per heavy atom. The van der Waals surface area contributed by atoms with E-state index >= 15 is 0 Å². The molecule has 2 aromatic heterocycles. The monoisotopic (exact) mass is 305 g/mol. The molecule has 0 saturated carbocycles. The van der Waals surface area contributed by atoms with Crippen LogP contribution < -0.4 is 10.6 Å². The summed E-state index contributed by atoms with van der Waals surface area (Å²) in [6.07, 6.45) is 4.15. The number of aryl methyl sites for hydroxylation is 1. The summed E-state index contributed by atoms with van der Waals surface area (Å²) in [6.45, 7) is 4.44. The Labute approximate surface area is 127 Å². The van der Waals surface area contributed by atoms with Crippen LogP contribution in [0.25, 0.3) is 0 Å². The second kappa shape index (κ2) is 6.36. The molecule has 0 aliphatic carbocycles. The molecule has 0 bridgehead atoms. The van der Waals surface area contributed by atoms with Crippen molar-refractivity contribution >= 4 is 17.2 Å². The fraction of sp³-hybridized carbons (Fsp3) is 0.500. The number of nitrogens with zero attached hydrogens (tertiary/aromatic N) is 3. The maximum atomic E-state index is 12.1. The Hall–Kier alpha value is -1.73. The number of hydrogen-bond donors (Lipinski definition) is 2. The zero-order valence-corrected chi connectivity index (χ0v) is 12.8. The minimum absolute atomic E-state index is 0.134. The van der Waals surface area contributed by atoms with Gasteiger partial charge in [0.2, 0.25) is 0 Å². The van der Waals surface area contributed by atoms with Gasteiger partial charge in [-0.15, -0.1) is 11.3 Å². The molecule has 1 fully saturated rings. The van der Waals surface area contributed by atoms with Crippen molar-refractivity contribution < 1.29 is 4.79 Å². The summed E-state index contributed by atoms with van der Waals surface area (Å²) in [7, 11) is 0. The van der Waals surface area contributed by atoms with Gasteiger partial charge in [-0.25, -0.2) is 4.98 Å². The fourth-order valence-corrected chi connectivity index (χ4v) is 3.19. The maximum Gasteiger partial charge on any atom is 0.272 e. The van der Waals surface area contributed by atoms with E-state index in [0.29, 0.717) is 18.3 Å². The van der Waals surface area contributed by atoms with Crippen LogP contribution in [0, 0.1) is 6.92 Å². The van der Waals surface area contributed by atoms with E-state index < -0.39 is 0 Å². The van der Waals surface area contributed by atoms with Gasteiger partial charge in [-0.05, 0) is 32.4 Å². The molecule has 1 atom stereocenters. The van der Waals surface area contributed by atoms with Crippen LogP contribution in [0.15, 0.2) is 17.8 Å². The van der Waals surface area contributed by atoms with Gasteiger partial charge < -0.3 is 10.6 Å². The van der Waals surface area contributed by atoms with E-state index in [1.807, 2.05) is 17.8 Å². The Balaban J connectivity index is 1.60. The third-order valence-electron chi connectivity index (χ3n) is 3.74. The second-order valence-electron chi connectivity index (χ2n) is 5.22. The molecule has 7 heteroatoms. The number of nitrogens with one attached hydrogen (secondary N) is 2. The molecule has 21 heavy (non-hydrogen) atoms. The van der Waals surface area contributed by atoms with Crippen molar-refractivity contribution in [2.75, 3.05) is 13.1 Å². The van der Waals surface area contributed by atoms with Gasteiger partial charge in [0.15, 0.2) is 0 Å². The summed E-state index contributed by atoms with van der Waals surface area (Å²) in [6, 6.07) is 2.13. The lowest BCUT2D eigenvalue weighted by Gasteiger charge is -2.22. The first-order valence-electron chi connectivity index (χ1n) is 7.17. The van der Waals surface area contributed by atoms with Crippen molar-refractivity contribution in [2.24, 2.45) is 0 Å². The summed E-state index contributed by atoms with van der Waals surface area (Å²) >= 11 is 1.55. The molecular weight excluding hydrogens is 286 g/mol. The van der Waals surface area contributed by atoms with Crippen molar-refractivity contribution in [1.29, 1.82) is 0 Å². The predicted molar refractivity (Wildman–Crippen MR) is 81.4 cm³/mol. The first kappa shape index (κ1) is 14.2. The van der Waals surface area contributed by atoms with E-state index in [1.165, 1.54) is 0 Å². The number of piperidine rings is 1. The Morgan fingerprint density at radius 1 is 1.62 bits per heavy atom. The molecule has 3 rings (SSSR count). The van der Waals surface area contributed by atoms with Crippen LogP contribution in [-0.2, 0) is 6.54 Å². The van der Waals surface area contributed by atoms with E-state index in [9.17, 15) is 4.79 Å². The van der Waals surface area contributed by atoms with Crippen LogP contribution in [0.3, 0.4) is 0 Å². The number of carbonyl (C=O) groups excluding carboxylic acids is 1. The van der Waals surface area contributed by atoms with Crippen molar-refractivity contribution in [3.05, 3.63) is 34.0 Å². The third-order valence-corrected chi connectivity index (χ3v) is 4.68. The summed E-state index contributed by atoms with van der Waals surface area (Å²) in [5, 5.41) is 10.7. The maximum absolute atomic E-state index is 12.1. The van der Waals surface area contributed by atoms with Crippen LogP contribution in [0.4, 0.5) is 0 Å². The number of thiazole rings is 1. The quantitative estimate of drug-likeness (QED) is 0.898. The average molecular weight is 305 g/mol. The predicted octanol–water partition coefficient (Wildman–Crippen LogP) is 1.50. The van der Waals surface area contributed by atoms with Crippen molar-refractivity contribution in [3.8, 4) is 0 Å². The summed E-state index contributed by atoms with van der Waals surface area (Å²) in [4.78, 5) is 17.4. The Morgan fingerprint density at radius 2 is 2.52 bits per heavy atom. The van der Waals surface area contributed by atoms with E-state index in [-0.39, 0.29) is 5.91 Å². The molecule has 112 valence electrons. The molecule has 2 N–H and O–H groups in total. The molecule has 3 heterocycles. The number of hydrogen-bond acceptors (Lipinski definition) is 5. The molecule has 1 saturated heterocycles. The van der Waals surface area contributed by atoms with E-state index in [0.717, 1.165) is 36.5 Å². The molecule has 0 spiro atoms. The summed E-state index contributed by atoms with van der Waals surface area (Å²) in [5.74, 6) is -0.134. The van der Waals surface area contributed by atoms with Crippen molar-refractivity contribution in [3.63, 3.8) is 0 Å². The number of carbonyl (C=O) groups is 1. The molecule has 1 aliphatic rings.